The van der Waals surface area contributed by atoms with Gasteiger partial charge in [0.2, 0.25) is 5.91 Å². The van der Waals surface area contributed by atoms with Crippen molar-refractivity contribution in [1.82, 2.24) is 5.32 Å². The Morgan fingerprint density at radius 3 is 2.00 bits per heavy atom. The Morgan fingerprint density at radius 1 is 0.966 bits per heavy atom. The molecule has 2 aromatic carbocycles. The fourth-order valence-corrected chi connectivity index (χ4v) is 2.42. The zero-order chi connectivity index (χ0) is 21.8. The second kappa shape index (κ2) is 8.89. The summed E-state index contributed by atoms with van der Waals surface area (Å²) >= 11 is 0. The van der Waals surface area contributed by atoms with Gasteiger partial charge in [0, 0.05) is 5.69 Å². The Balaban J connectivity index is 2.11. The van der Waals surface area contributed by atoms with Crippen LogP contribution in [-0.2, 0) is 4.79 Å². The van der Waals surface area contributed by atoms with Crippen LogP contribution in [-0.4, -0.2) is 24.2 Å². The fraction of sp³-hybridized carbons (Fsp3) is 0.263. The van der Waals surface area contributed by atoms with Crippen LogP contribution in [0, 0.1) is 17.6 Å². The van der Waals surface area contributed by atoms with Gasteiger partial charge in [-0.25, -0.2) is 8.78 Å². The summed E-state index contributed by atoms with van der Waals surface area (Å²) in [6.07, 6.45) is -4.85. The second-order valence-corrected chi connectivity index (χ2v) is 6.35. The number of anilines is 1. The first-order valence-corrected chi connectivity index (χ1v) is 8.39. The molecule has 156 valence electrons. The summed E-state index contributed by atoms with van der Waals surface area (Å²) in [5, 5.41) is 4.69. The smallest absolute Gasteiger partial charge is 0.406 e. The highest BCUT2D eigenvalue weighted by molar-refractivity contribution is 6.01. The van der Waals surface area contributed by atoms with E-state index in [2.05, 4.69) is 15.4 Å². The first-order chi connectivity index (χ1) is 13.5. The van der Waals surface area contributed by atoms with Gasteiger partial charge >= 0.3 is 6.36 Å². The molecule has 0 fully saturated rings. The van der Waals surface area contributed by atoms with E-state index in [4.69, 9.17) is 0 Å². The molecular weight excluding hydrogens is 399 g/mol. The molecule has 10 heteroatoms. The molecule has 1 atom stereocenters. The van der Waals surface area contributed by atoms with Gasteiger partial charge in [-0.2, -0.15) is 0 Å². The van der Waals surface area contributed by atoms with Gasteiger partial charge in [0.25, 0.3) is 5.91 Å². The lowest BCUT2D eigenvalue weighted by molar-refractivity contribution is -0.274. The maximum absolute atomic E-state index is 13.8. The van der Waals surface area contributed by atoms with Crippen LogP contribution in [0.15, 0.2) is 42.5 Å². The summed E-state index contributed by atoms with van der Waals surface area (Å²) in [7, 11) is 0. The molecule has 2 N–H and O–H groups in total. The van der Waals surface area contributed by atoms with Crippen LogP contribution in [0.4, 0.5) is 27.6 Å². The molecule has 0 bridgehead atoms. The third-order valence-corrected chi connectivity index (χ3v) is 3.78. The lowest BCUT2D eigenvalue weighted by Crippen LogP contribution is -2.47. The largest absolute Gasteiger partial charge is 0.573 e. The van der Waals surface area contributed by atoms with Crippen LogP contribution in [0.5, 0.6) is 5.75 Å². The summed E-state index contributed by atoms with van der Waals surface area (Å²) in [6, 6.07) is 6.11. The molecule has 0 aliphatic heterocycles. The number of hydrogen-bond acceptors (Lipinski definition) is 3. The van der Waals surface area contributed by atoms with Crippen molar-refractivity contribution >= 4 is 17.5 Å². The van der Waals surface area contributed by atoms with Gasteiger partial charge in [0.1, 0.15) is 29.0 Å². The molecule has 0 saturated carbocycles. The highest BCUT2D eigenvalue weighted by atomic mass is 19.4. The van der Waals surface area contributed by atoms with E-state index >= 15 is 0 Å². The van der Waals surface area contributed by atoms with Crippen LogP contribution in [0.2, 0.25) is 0 Å². The first-order valence-electron chi connectivity index (χ1n) is 8.39. The number of alkyl halides is 3. The molecule has 29 heavy (non-hydrogen) atoms. The molecule has 0 saturated heterocycles. The Hall–Kier alpha value is -3.17. The van der Waals surface area contributed by atoms with Crippen LogP contribution < -0.4 is 15.4 Å². The lowest BCUT2D eigenvalue weighted by atomic mass is 10.0. The quantitative estimate of drug-likeness (QED) is 0.692. The number of nitrogens with one attached hydrogen (secondary N) is 2. The average molecular weight is 416 g/mol. The number of carbonyl (C=O) groups is 2. The van der Waals surface area contributed by atoms with E-state index in [0.717, 1.165) is 30.3 Å². The molecule has 2 amide bonds. The summed E-state index contributed by atoms with van der Waals surface area (Å²) in [4.78, 5) is 24.7. The SMILES string of the molecule is CC(C)C(NC(=O)c1c(F)cccc1F)C(=O)Nc1ccc(OC(F)(F)F)cc1. The third kappa shape index (κ3) is 6.16. The maximum atomic E-state index is 13.8. The average Bonchev–Trinajstić information content (AvgIpc) is 2.59. The molecule has 0 aliphatic carbocycles. The standard InChI is InChI=1S/C19H17F5N2O3/c1-10(2)16(26-17(27)15-13(20)4-3-5-14(15)21)18(28)25-11-6-8-12(9-7-11)29-19(22,23)24/h3-10,16H,1-2H3,(H,25,28)(H,26,27). The van der Waals surface area contributed by atoms with E-state index in [9.17, 15) is 31.5 Å². The van der Waals surface area contributed by atoms with Crippen LogP contribution in [0.3, 0.4) is 0 Å². The van der Waals surface area contributed by atoms with Gasteiger partial charge in [-0.05, 0) is 42.3 Å². The van der Waals surface area contributed by atoms with E-state index < -0.39 is 53.1 Å². The Kier molecular flexibility index (Phi) is 6.78. The highest BCUT2D eigenvalue weighted by Gasteiger charge is 2.31. The monoisotopic (exact) mass is 416 g/mol. The van der Waals surface area contributed by atoms with Crippen molar-refractivity contribution in [3.63, 3.8) is 0 Å². The summed E-state index contributed by atoms with van der Waals surface area (Å²) in [5.74, 6) is -4.91. The summed E-state index contributed by atoms with van der Waals surface area (Å²) in [6.45, 7) is 3.20. The molecule has 5 nitrogen and oxygen atoms in total. The van der Waals surface area contributed by atoms with Gasteiger partial charge in [0.15, 0.2) is 0 Å². The molecule has 2 rings (SSSR count). The molecule has 0 radical (unpaired) electrons. The number of carbonyl (C=O) groups excluding carboxylic acids is 2. The van der Waals surface area contributed by atoms with E-state index in [-0.39, 0.29) is 5.69 Å². The van der Waals surface area contributed by atoms with Crippen molar-refractivity contribution < 1.29 is 36.3 Å². The lowest BCUT2D eigenvalue weighted by Gasteiger charge is -2.22. The Bertz CT molecular complexity index is 862. The van der Waals surface area contributed by atoms with Crippen molar-refractivity contribution in [3.05, 3.63) is 59.7 Å². The summed E-state index contributed by atoms with van der Waals surface area (Å²) < 4.78 is 67.8. The van der Waals surface area contributed by atoms with Gasteiger partial charge < -0.3 is 15.4 Å². The van der Waals surface area contributed by atoms with Crippen molar-refractivity contribution in [2.24, 2.45) is 5.92 Å². The third-order valence-electron chi connectivity index (χ3n) is 3.78. The van der Waals surface area contributed by atoms with Crippen molar-refractivity contribution in [3.8, 4) is 5.75 Å². The Morgan fingerprint density at radius 2 is 1.52 bits per heavy atom. The van der Waals surface area contributed by atoms with E-state index in [1.165, 1.54) is 12.1 Å². The molecule has 0 spiro atoms. The summed E-state index contributed by atoms with van der Waals surface area (Å²) in [5.41, 5.74) is -0.680. The number of hydrogen-bond donors (Lipinski definition) is 2. The molecule has 0 aliphatic rings. The maximum Gasteiger partial charge on any atom is 0.573 e. The van der Waals surface area contributed by atoms with Gasteiger partial charge in [-0.15, -0.1) is 13.2 Å². The van der Waals surface area contributed by atoms with Crippen LogP contribution in [0.25, 0.3) is 0 Å². The second-order valence-electron chi connectivity index (χ2n) is 6.35. The van der Waals surface area contributed by atoms with E-state index in [1.807, 2.05) is 0 Å². The number of benzene rings is 2. The number of rotatable bonds is 6. The minimum absolute atomic E-state index is 0.140. The normalized spacial score (nSPS) is 12.4. The zero-order valence-electron chi connectivity index (χ0n) is 15.3. The highest BCUT2D eigenvalue weighted by Crippen LogP contribution is 2.24. The van der Waals surface area contributed by atoms with Crippen molar-refractivity contribution in [2.75, 3.05) is 5.32 Å². The molecule has 0 aromatic heterocycles. The molecular formula is C19H17F5N2O3. The van der Waals surface area contributed by atoms with Crippen molar-refractivity contribution in [2.45, 2.75) is 26.3 Å². The van der Waals surface area contributed by atoms with Gasteiger partial charge in [-0.3, -0.25) is 9.59 Å². The van der Waals surface area contributed by atoms with E-state index in [0.29, 0.717) is 0 Å². The van der Waals surface area contributed by atoms with Crippen LogP contribution >= 0.6 is 0 Å². The van der Waals surface area contributed by atoms with Crippen LogP contribution in [0.1, 0.15) is 24.2 Å². The zero-order valence-corrected chi connectivity index (χ0v) is 15.3. The predicted molar refractivity (Wildman–Crippen MR) is 94.2 cm³/mol. The number of halogens is 5. The molecule has 1 unspecified atom stereocenters. The van der Waals surface area contributed by atoms with Gasteiger partial charge in [0.05, 0.1) is 0 Å². The predicted octanol–water partition coefficient (Wildman–Crippen LogP) is 4.26. The number of amides is 2. The van der Waals surface area contributed by atoms with Gasteiger partial charge in [-0.1, -0.05) is 19.9 Å². The minimum atomic E-state index is -4.85. The topological polar surface area (TPSA) is 67.4 Å². The molecule has 2 aromatic rings. The first kappa shape index (κ1) is 22.1. The molecule has 0 heterocycles. The minimum Gasteiger partial charge on any atom is -0.406 e. The van der Waals surface area contributed by atoms with Crippen molar-refractivity contribution in [1.29, 1.82) is 0 Å². The fourth-order valence-electron chi connectivity index (χ4n) is 2.42. The van der Waals surface area contributed by atoms with E-state index in [1.54, 1.807) is 13.8 Å². The number of ether oxygens (including phenoxy) is 1. The Labute approximate surface area is 162 Å².